The third-order valence-electron chi connectivity index (χ3n) is 3.74. The summed E-state index contributed by atoms with van der Waals surface area (Å²) in [4.78, 5) is 0. The zero-order chi connectivity index (χ0) is 11.8. The van der Waals surface area contributed by atoms with Crippen LogP contribution in [0.2, 0.25) is 0 Å². The third-order valence-corrected chi connectivity index (χ3v) is 4.40. The summed E-state index contributed by atoms with van der Waals surface area (Å²) in [5.41, 5.74) is 8.55. The minimum Gasteiger partial charge on any atom is -0.496 e. The Labute approximate surface area is 105 Å². The number of benzene rings is 1. The molecule has 2 nitrogen and oxygen atoms in total. The van der Waals surface area contributed by atoms with E-state index in [1.54, 1.807) is 7.11 Å². The molecule has 0 bridgehead atoms. The molecule has 88 valence electrons. The molecule has 3 heteroatoms. The van der Waals surface area contributed by atoms with Crippen molar-refractivity contribution in [2.24, 2.45) is 5.73 Å². The highest BCUT2D eigenvalue weighted by atomic mass is 79.9. The van der Waals surface area contributed by atoms with Crippen molar-refractivity contribution in [1.29, 1.82) is 0 Å². The molecule has 16 heavy (non-hydrogen) atoms. The molecule has 1 aromatic rings. The SMILES string of the molecule is COc1c(C)ccc(Br)c1C1(CN)CCC1. The maximum atomic E-state index is 5.97. The molecule has 0 amide bonds. The zero-order valence-electron chi connectivity index (χ0n) is 9.85. The van der Waals surface area contributed by atoms with Crippen LogP contribution in [-0.2, 0) is 5.41 Å². The molecule has 1 aliphatic carbocycles. The van der Waals surface area contributed by atoms with Gasteiger partial charge in [-0.15, -0.1) is 0 Å². The van der Waals surface area contributed by atoms with E-state index >= 15 is 0 Å². The molecule has 1 saturated carbocycles. The molecule has 0 radical (unpaired) electrons. The number of rotatable bonds is 3. The van der Waals surface area contributed by atoms with E-state index in [1.807, 2.05) is 0 Å². The Morgan fingerprint density at radius 1 is 1.44 bits per heavy atom. The number of methoxy groups -OCH3 is 1. The number of aryl methyl sites for hydroxylation is 1. The van der Waals surface area contributed by atoms with Crippen LogP contribution in [-0.4, -0.2) is 13.7 Å². The standard InChI is InChI=1S/C13H18BrNO/c1-9-4-5-10(14)11(12(9)16-2)13(8-15)6-3-7-13/h4-5H,3,6-8,15H2,1-2H3. The fourth-order valence-corrected chi connectivity index (χ4v) is 3.31. The Bertz CT molecular complexity index is 394. The van der Waals surface area contributed by atoms with E-state index in [1.165, 1.54) is 30.4 Å². The molecule has 1 aromatic carbocycles. The highest BCUT2D eigenvalue weighted by molar-refractivity contribution is 9.10. The molecule has 0 saturated heterocycles. The van der Waals surface area contributed by atoms with E-state index in [2.05, 4.69) is 35.0 Å². The van der Waals surface area contributed by atoms with Gasteiger partial charge in [-0.1, -0.05) is 28.4 Å². The van der Waals surface area contributed by atoms with Gasteiger partial charge in [-0.3, -0.25) is 0 Å². The van der Waals surface area contributed by atoms with Gasteiger partial charge < -0.3 is 10.5 Å². The first kappa shape index (κ1) is 11.9. The number of nitrogens with two attached hydrogens (primary N) is 1. The number of hydrogen-bond acceptors (Lipinski definition) is 2. The normalized spacial score (nSPS) is 18.0. The van der Waals surface area contributed by atoms with Gasteiger partial charge in [0.2, 0.25) is 0 Å². The smallest absolute Gasteiger partial charge is 0.126 e. The van der Waals surface area contributed by atoms with Crippen LogP contribution in [0.4, 0.5) is 0 Å². The van der Waals surface area contributed by atoms with Gasteiger partial charge >= 0.3 is 0 Å². The maximum absolute atomic E-state index is 5.97. The van der Waals surface area contributed by atoms with Gasteiger partial charge in [0, 0.05) is 22.0 Å². The Hall–Kier alpha value is -0.540. The molecule has 0 aromatic heterocycles. The van der Waals surface area contributed by atoms with Crippen molar-refractivity contribution in [2.75, 3.05) is 13.7 Å². The second-order valence-corrected chi connectivity index (χ2v) is 5.46. The van der Waals surface area contributed by atoms with Crippen molar-refractivity contribution in [2.45, 2.75) is 31.6 Å². The first-order valence-corrected chi connectivity index (χ1v) is 6.47. The quantitative estimate of drug-likeness (QED) is 0.925. The van der Waals surface area contributed by atoms with Crippen LogP contribution in [0.15, 0.2) is 16.6 Å². The fourth-order valence-electron chi connectivity index (χ4n) is 2.58. The zero-order valence-corrected chi connectivity index (χ0v) is 11.4. The first-order valence-electron chi connectivity index (χ1n) is 5.68. The number of hydrogen-bond donors (Lipinski definition) is 1. The Morgan fingerprint density at radius 2 is 2.12 bits per heavy atom. The number of ether oxygens (including phenoxy) is 1. The van der Waals surface area contributed by atoms with Crippen molar-refractivity contribution in [3.05, 3.63) is 27.7 Å². The van der Waals surface area contributed by atoms with Crippen LogP contribution in [0.1, 0.15) is 30.4 Å². The van der Waals surface area contributed by atoms with E-state index < -0.39 is 0 Å². The van der Waals surface area contributed by atoms with Crippen molar-refractivity contribution >= 4 is 15.9 Å². The van der Waals surface area contributed by atoms with Crippen molar-refractivity contribution in [3.8, 4) is 5.75 Å². The van der Waals surface area contributed by atoms with Crippen molar-refractivity contribution in [3.63, 3.8) is 0 Å². The summed E-state index contributed by atoms with van der Waals surface area (Å²) in [5, 5.41) is 0. The van der Waals surface area contributed by atoms with Crippen LogP contribution in [0.25, 0.3) is 0 Å². The average Bonchev–Trinajstić information content (AvgIpc) is 2.22. The van der Waals surface area contributed by atoms with Gasteiger partial charge in [0.05, 0.1) is 7.11 Å². The summed E-state index contributed by atoms with van der Waals surface area (Å²) < 4.78 is 6.68. The highest BCUT2D eigenvalue weighted by Crippen LogP contribution is 2.50. The van der Waals surface area contributed by atoms with E-state index in [-0.39, 0.29) is 5.41 Å². The van der Waals surface area contributed by atoms with Gasteiger partial charge in [0.1, 0.15) is 5.75 Å². The summed E-state index contributed by atoms with van der Waals surface area (Å²) >= 11 is 3.64. The lowest BCUT2D eigenvalue weighted by molar-refractivity contribution is 0.242. The molecule has 2 N–H and O–H groups in total. The Kier molecular flexibility index (Phi) is 3.27. The number of halogens is 1. The highest BCUT2D eigenvalue weighted by Gasteiger charge is 2.41. The molecular weight excluding hydrogens is 266 g/mol. The van der Waals surface area contributed by atoms with Crippen LogP contribution in [0.3, 0.4) is 0 Å². The van der Waals surface area contributed by atoms with Gasteiger partial charge in [-0.2, -0.15) is 0 Å². The predicted molar refractivity (Wildman–Crippen MR) is 70.0 cm³/mol. The molecule has 0 heterocycles. The van der Waals surface area contributed by atoms with Gasteiger partial charge in [-0.25, -0.2) is 0 Å². The maximum Gasteiger partial charge on any atom is 0.126 e. The molecule has 1 aliphatic rings. The van der Waals surface area contributed by atoms with Crippen LogP contribution >= 0.6 is 15.9 Å². The summed E-state index contributed by atoms with van der Waals surface area (Å²) in [7, 11) is 1.74. The van der Waals surface area contributed by atoms with Crippen LogP contribution in [0.5, 0.6) is 5.75 Å². The monoisotopic (exact) mass is 283 g/mol. The van der Waals surface area contributed by atoms with Crippen LogP contribution < -0.4 is 10.5 Å². The van der Waals surface area contributed by atoms with E-state index in [4.69, 9.17) is 10.5 Å². The molecule has 0 aliphatic heterocycles. The largest absolute Gasteiger partial charge is 0.496 e. The predicted octanol–water partition coefficient (Wildman–Crippen LogP) is 3.15. The summed E-state index contributed by atoms with van der Waals surface area (Å²) in [6.45, 7) is 2.78. The third kappa shape index (κ3) is 1.66. The van der Waals surface area contributed by atoms with Crippen LogP contribution in [0, 0.1) is 6.92 Å². The van der Waals surface area contributed by atoms with Gasteiger partial charge in [0.15, 0.2) is 0 Å². The topological polar surface area (TPSA) is 35.2 Å². The molecule has 0 unspecified atom stereocenters. The Morgan fingerprint density at radius 3 is 2.56 bits per heavy atom. The minimum absolute atomic E-state index is 0.135. The first-order chi connectivity index (χ1) is 7.64. The molecule has 1 fully saturated rings. The lowest BCUT2D eigenvalue weighted by Gasteiger charge is -2.43. The molecule has 2 rings (SSSR count). The summed E-state index contributed by atoms with van der Waals surface area (Å²) in [6, 6.07) is 4.18. The summed E-state index contributed by atoms with van der Waals surface area (Å²) in [6.07, 6.45) is 3.60. The second-order valence-electron chi connectivity index (χ2n) is 4.61. The lowest BCUT2D eigenvalue weighted by Crippen LogP contribution is -2.42. The fraction of sp³-hybridized carbons (Fsp3) is 0.538. The lowest BCUT2D eigenvalue weighted by atomic mass is 9.64. The average molecular weight is 284 g/mol. The van der Waals surface area contributed by atoms with Gasteiger partial charge in [0.25, 0.3) is 0 Å². The van der Waals surface area contributed by atoms with E-state index in [0.29, 0.717) is 6.54 Å². The summed E-state index contributed by atoms with van der Waals surface area (Å²) in [5.74, 6) is 1.000. The Balaban J connectivity index is 2.57. The second kappa shape index (κ2) is 4.38. The molecular formula is C13H18BrNO. The van der Waals surface area contributed by atoms with Crippen molar-refractivity contribution in [1.82, 2.24) is 0 Å². The molecule has 0 atom stereocenters. The van der Waals surface area contributed by atoms with E-state index in [9.17, 15) is 0 Å². The van der Waals surface area contributed by atoms with Crippen molar-refractivity contribution < 1.29 is 4.74 Å². The minimum atomic E-state index is 0.135. The van der Waals surface area contributed by atoms with Gasteiger partial charge in [-0.05, 0) is 31.4 Å². The van der Waals surface area contributed by atoms with E-state index in [0.717, 1.165) is 10.2 Å². The molecule has 0 spiro atoms.